The number of nitrogens with one attached hydrogen (secondary N) is 1. The Balaban J connectivity index is 0.00000162. The molecule has 0 atom stereocenters. The Morgan fingerprint density at radius 2 is 2.18 bits per heavy atom. The van der Waals surface area contributed by atoms with E-state index in [-0.39, 0.29) is 1.43 Å². The summed E-state index contributed by atoms with van der Waals surface area (Å²) >= 11 is 0. The maximum atomic E-state index is 4.42. The summed E-state index contributed by atoms with van der Waals surface area (Å²) in [4.78, 5) is 11.0. The summed E-state index contributed by atoms with van der Waals surface area (Å²) in [6, 6.07) is 0. The highest BCUT2D eigenvalue weighted by Crippen LogP contribution is 2.22. The quantitative estimate of drug-likeness (QED) is 0.863. The van der Waals surface area contributed by atoms with Crippen LogP contribution in [-0.2, 0) is 0 Å². The van der Waals surface area contributed by atoms with Crippen LogP contribution in [0.15, 0.2) is 19.0 Å². The molecule has 1 saturated heterocycles. The Morgan fingerprint density at radius 3 is 2.82 bits per heavy atom. The second kappa shape index (κ2) is 5.59. The van der Waals surface area contributed by atoms with E-state index < -0.39 is 0 Å². The van der Waals surface area contributed by atoms with Gasteiger partial charge >= 0.3 is 0 Å². The molecule has 1 aliphatic rings. The molecule has 1 aromatic heterocycles. The number of anilines is 1. The van der Waals surface area contributed by atoms with Crippen molar-refractivity contribution in [3.63, 3.8) is 0 Å². The maximum absolute atomic E-state index is 4.42. The lowest BCUT2D eigenvalue weighted by atomic mass is 10.1. The molecule has 0 saturated carbocycles. The molecule has 92 valence electrons. The number of hydrogen-bond donors (Lipinski definition) is 1. The van der Waals surface area contributed by atoms with Crippen LogP contribution in [0, 0.1) is 0 Å². The Labute approximate surface area is 104 Å². The van der Waals surface area contributed by atoms with Gasteiger partial charge in [-0.05, 0) is 13.0 Å². The third-order valence-electron chi connectivity index (χ3n) is 2.84. The molecule has 1 aliphatic heterocycles. The SMILES string of the molecule is C=Cc1ncnc(N2CCNCC2)c1/C=C\C.[HH]. The van der Waals surface area contributed by atoms with Gasteiger partial charge in [-0.2, -0.15) is 0 Å². The average Bonchev–Trinajstić information content (AvgIpc) is 2.40. The standard InChI is InChI=1S/C13H18N4.H2/c1-3-5-11-12(4-2)15-10-16-13(11)17-8-6-14-7-9-17;/h3-5,10,14H,2,6-9H2,1H3;1H/b5-3-;. The zero-order valence-corrected chi connectivity index (χ0v) is 10.2. The predicted octanol–water partition coefficient (Wildman–Crippen LogP) is 1.81. The summed E-state index contributed by atoms with van der Waals surface area (Å²) in [7, 11) is 0. The number of rotatable bonds is 3. The van der Waals surface area contributed by atoms with Crippen LogP contribution in [0.4, 0.5) is 5.82 Å². The van der Waals surface area contributed by atoms with E-state index in [0.717, 1.165) is 43.3 Å². The molecule has 17 heavy (non-hydrogen) atoms. The molecule has 0 aliphatic carbocycles. The highest BCUT2D eigenvalue weighted by Gasteiger charge is 2.16. The highest BCUT2D eigenvalue weighted by molar-refractivity contribution is 5.71. The van der Waals surface area contributed by atoms with Crippen LogP contribution in [-0.4, -0.2) is 36.1 Å². The van der Waals surface area contributed by atoms with Crippen molar-refractivity contribution in [3.8, 4) is 0 Å². The molecule has 0 aromatic carbocycles. The first-order valence-electron chi connectivity index (χ1n) is 5.92. The summed E-state index contributed by atoms with van der Waals surface area (Å²) < 4.78 is 0. The van der Waals surface area contributed by atoms with Gasteiger partial charge in [0.25, 0.3) is 0 Å². The van der Waals surface area contributed by atoms with Gasteiger partial charge in [-0.3, -0.25) is 0 Å². The van der Waals surface area contributed by atoms with E-state index in [2.05, 4.69) is 26.8 Å². The molecule has 2 rings (SSSR count). The maximum Gasteiger partial charge on any atom is 0.139 e. The van der Waals surface area contributed by atoms with Gasteiger partial charge in [0.15, 0.2) is 0 Å². The second-order valence-electron chi connectivity index (χ2n) is 3.94. The minimum absolute atomic E-state index is 0. The minimum Gasteiger partial charge on any atom is -0.353 e. The van der Waals surface area contributed by atoms with E-state index in [4.69, 9.17) is 0 Å². The van der Waals surface area contributed by atoms with E-state index in [9.17, 15) is 0 Å². The second-order valence-corrected chi connectivity index (χ2v) is 3.94. The molecule has 0 spiro atoms. The van der Waals surface area contributed by atoms with Gasteiger partial charge in [-0.25, -0.2) is 9.97 Å². The van der Waals surface area contributed by atoms with Crippen LogP contribution in [0.5, 0.6) is 0 Å². The molecule has 0 bridgehead atoms. The van der Waals surface area contributed by atoms with Crippen molar-refractivity contribution in [2.45, 2.75) is 6.92 Å². The van der Waals surface area contributed by atoms with Crippen molar-refractivity contribution in [1.29, 1.82) is 0 Å². The zero-order valence-electron chi connectivity index (χ0n) is 10.2. The van der Waals surface area contributed by atoms with Gasteiger partial charge < -0.3 is 10.2 Å². The minimum atomic E-state index is 0. The third-order valence-corrected chi connectivity index (χ3v) is 2.84. The van der Waals surface area contributed by atoms with E-state index >= 15 is 0 Å². The zero-order chi connectivity index (χ0) is 12.1. The van der Waals surface area contributed by atoms with Crippen LogP contribution in [0.2, 0.25) is 0 Å². The topological polar surface area (TPSA) is 41.1 Å². The molecule has 0 unspecified atom stereocenters. The average molecular weight is 232 g/mol. The van der Waals surface area contributed by atoms with E-state index in [1.807, 2.05) is 19.1 Å². The van der Waals surface area contributed by atoms with Crippen molar-refractivity contribution < 1.29 is 1.43 Å². The Morgan fingerprint density at radius 1 is 1.41 bits per heavy atom. The summed E-state index contributed by atoms with van der Waals surface area (Å²) in [5, 5.41) is 3.34. The van der Waals surface area contributed by atoms with Crippen molar-refractivity contribution in [1.82, 2.24) is 15.3 Å². The molecule has 4 heteroatoms. The molecular weight excluding hydrogens is 212 g/mol. The summed E-state index contributed by atoms with van der Waals surface area (Å²) in [5.41, 5.74) is 1.96. The first-order chi connectivity index (χ1) is 8.36. The smallest absolute Gasteiger partial charge is 0.139 e. The van der Waals surface area contributed by atoms with Gasteiger partial charge in [-0.1, -0.05) is 18.7 Å². The monoisotopic (exact) mass is 232 g/mol. The number of nitrogens with zero attached hydrogens (tertiary/aromatic N) is 3. The van der Waals surface area contributed by atoms with Gasteiger partial charge in [0.1, 0.15) is 12.1 Å². The highest BCUT2D eigenvalue weighted by atomic mass is 15.2. The van der Waals surface area contributed by atoms with Crippen molar-refractivity contribution in [3.05, 3.63) is 30.2 Å². The van der Waals surface area contributed by atoms with Crippen LogP contribution < -0.4 is 10.2 Å². The Bertz CT molecular complexity index is 425. The van der Waals surface area contributed by atoms with Crippen LogP contribution in [0.3, 0.4) is 0 Å². The van der Waals surface area contributed by atoms with Gasteiger partial charge in [-0.15, -0.1) is 0 Å². The first kappa shape index (κ1) is 11.8. The number of allylic oxidation sites excluding steroid dienone is 1. The van der Waals surface area contributed by atoms with Gasteiger partial charge in [0.2, 0.25) is 0 Å². The molecule has 0 amide bonds. The first-order valence-corrected chi connectivity index (χ1v) is 5.92. The Hall–Kier alpha value is -1.68. The summed E-state index contributed by atoms with van der Waals surface area (Å²) in [6.07, 6.45) is 7.45. The summed E-state index contributed by atoms with van der Waals surface area (Å²) in [5.74, 6) is 1.01. The summed E-state index contributed by atoms with van der Waals surface area (Å²) in [6.45, 7) is 9.78. The fourth-order valence-corrected chi connectivity index (χ4v) is 2.02. The van der Waals surface area contributed by atoms with Crippen LogP contribution >= 0.6 is 0 Å². The molecule has 1 fully saturated rings. The van der Waals surface area contributed by atoms with Gasteiger partial charge in [0, 0.05) is 33.2 Å². The predicted molar refractivity (Wildman–Crippen MR) is 74.0 cm³/mol. The molecule has 1 aromatic rings. The van der Waals surface area contributed by atoms with E-state index in [1.165, 1.54) is 0 Å². The fraction of sp³-hybridized carbons (Fsp3) is 0.385. The Kier molecular flexibility index (Phi) is 3.88. The van der Waals surface area contributed by atoms with Crippen molar-refractivity contribution in [2.75, 3.05) is 31.1 Å². The molecular formula is C13H20N4. The normalized spacial score (nSPS) is 16.4. The number of piperazine rings is 1. The fourth-order valence-electron chi connectivity index (χ4n) is 2.02. The van der Waals surface area contributed by atoms with Crippen LogP contribution in [0.25, 0.3) is 12.2 Å². The van der Waals surface area contributed by atoms with E-state index in [0.29, 0.717) is 0 Å². The number of aromatic nitrogens is 2. The number of hydrogen-bond acceptors (Lipinski definition) is 4. The van der Waals surface area contributed by atoms with Crippen LogP contribution in [0.1, 0.15) is 19.6 Å². The van der Waals surface area contributed by atoms with Crippen molar-refractivity contribution >= 4 is 18.0 Å². The van der Waals surface area contributed by atoms with Crippen molar-refractivity contribution in [2.24, 2.45) is 0 Å². The molecule has 4 nitrogen and oxygen atoms in total. The molecule has 1 N–H and O–H groups in total. The van der Waals surface area contributed by atoms with E-state index in [1.54, 1.807) is 12.4 Å². The largest absolute Gasteiger partial charge is 0.353 e. The molecule has 2 heterocycles. The lowest BCUT2D eigenvalue weighted by Gasteiger charge is -2.29. The lowest BCUT2D eigenvalue weighted by Crippen LogP contribution is -2.44. The van der Waals surface area contributed by atoms with Gasteiger partial charge in [0.05, 0.1) is 5.69 Å². The lowest BCUT2D eigenvalue weighted by molar-refractivity contribution is 0.584. The third kappa shape index (κ3) is 2.53. The molecule has 0 radical (unpaired) electrons.